The van der Waals surface area contributed by atoms with Crippen molar-refractivity contribution < 1.29 is 12.8 Å². The molecule has 0 bridgehead atoms. The van der Waals surface area contributed by atoms with Crippen LogP contribution in [0.1, 0.15) is 30.2 Å². The van der Waals surface area contributed by atoms with E-state index >= 15 is 0 Å². The fraction of sp³-hybridized carbons (Fsp3) is 0.769. The van der Waals surface area contributed by atoms with Gasteiger partial charge in [-0.15, -0.1) is 0 Å². The second-order valence-electron chi connectivity index (χ2n) is 5.55. The van der Waals surface area contributed by atoms with E-state index < -0.39 is 9.84 Å². The minimum atomic E-state index is -2.85. The topological polar surface area (TPSA) is 63.4 Å². The predicted octanol–water partition coefficient (Wildman–Crippen LogP) is 1.55. The standard InChI is InChI=1S/C13H22N2O3S/c1-10-13(14-11(2)18-10)8-15-6-4-12(5-7-15)9-19(3,16)17/h12H,4-9H2,1-3H3. The average molecular weight is 286 g/mol. The summed E-state index contributed by atoms with van der Waals surface area (Å²) in [4.78, 5) is 6.70. The van der Waals surface area contributed by atoms with Crippen molar-refractivity contribution in [2.75, 3.05) is 25.1 Å². The number of likely N-dealkylation sites (tertiary alicyclic amines) is 1. The fourth-order valence-electron chi connectivity index (χ4n) is 2.67. The number of piperidine rings is 1. The molecule has 0 radical (unpaired) electrons. The van der Waals surface area contributed by atoms with Crippen LogP contribution >= 0.6 is 0 Å². The highest BCUT2D eigenvalue weighted by Gasteiger charge is 2.23. The highest BCUT2D eigenvalue weighted by Crippen LogP contribution is 2.21. The molecule has 1 fully saturated rings. The van der Waals surface area contributed by atoms with Crippen LogP contribution in [0.4, 0.5) is 0 Å². The first kappa shape index (κ1) is 14.5. The van der Waals surface area contributed by atoms with Crippen LogP contribution in [0, 0.1) is 19.8 Å². The first-order valence-corrected chi connectivity index (χ1v) is 8.72. The first-order valence-electron chi connectivity index (χ1n) is 6.66. The molecule has 2 heterocycles. The highest BCUT2D eigenvalue weighted by atomic mass is 32.2. The number of hydrogen-bond acceptors (Lipinski definition) is 5. The summed E-state index contributed by atoms with van der Waals surface area (Å²) < 4.78 is 28.0. The molecule has 0 unspecified atom stereocenters. The highest BCUT2D eigenvalue weighted by molar-refractivity contribution is 7.90. The second-order valence-corrected chi connectivity index (χ2v) is 7.73. The van der Waals surface area contributed by atoms with Gasteiger partial charge in [0.05, 0.1) is 11.4 Å². The Morgan fingerprint density at radius 3 is 2.42 bits per heavy atom. The Kier molecular flexibility index (Phi) is 4.30. The van der Waals surface area contributed by atoms with Crippen molar-refractivity contribution >= 4 is 9.84 Å². The van der Waals surface area contributed by atoms with Gasteiger partial charge in [-0.05, 0) is 38.8 Å². The molecule has 2 rings (SSSR count). The minimum Gasteiger partial charge on any atom is -0.446 e. The van der Waals surface area contributed by atoms with Crippen LogP contribution in [0.25, 0.3) is 0 Å². The van der Waals surface area contributed by atoms with Gasteiger partial charge in [0, 0.05) is 19.7 Å². The van der Waals surface area contributed by atoms with Crippen LogP contribution in [0.15, 0.2) is 4.42 Å². The zero-order valence-electron chi connectivity index (χ0n) is 11.8. The Balaban J connectivity index is 1.85. The normalized spacial score (nSPS) is 18.9. The maximum atomic E-state index is 11.3. The number of sulfone groups is 1. The SMILES string of the molecule is Cc1nc(CN2CCC(CS(C)(=O)=O)CC2)c(C)o1. The lowest BCUT2D eigenvalue weighted by Crippen LogP contribution is -2.35. The van der Waals surface area contributed by atoms with E-state index in [9.17, 15) is 8.42 Å². The third kappa shape index (κ3) is 4.31. The summed E-state index contributed by atoms with van der Waals surface area (Å²) in [5.41, 5.74) is 0.999. The van der Waals surface area contributed by atoms with E-state index in [-0.39, 0.29) is 0 Å². The van der Waals surface area contributed by atoms with E-state index in [0.717, 1.165) is 43.9 Å². The van der Waals surface area contributed by atoms with E-state index in [0.29, 0.717) is 17.6 Å². The average Bonchev–Trinajstić information content (AvgIpc) is 2.58. The summed E-state index contributed by atoms with van der Waals surface area (Å²) in [5.74, 6) is 2.23. The molecular weight excluding hydrogens is 264 g/mol. The van der Waals surface area contributed by atoms with Gasteiger partial charge in [-0.2, -0.15) is 0 Å². The monoisotopic (exact) mass is 286 g/mol. The number of oxazole rings is 1. The molecule has 0 aromatic carbocycles. The molecule has 19 heavy (non-hydrogen) atoms. The van der Waals surface area contributed by atoms with Crippen LogP contribution in [-0.2, 0) is 16.4 Å². The summed E-state index contributed by atoms with van der Waals surface area (Å²) in [6.45, 7) is 6.46. The van der Waals surface area contributed by atoms with Gasteiger partial charge in [0.2, 0.25) is 0 Å². The molecule has 1 aliphatic rings. The van der Waals surface area contributed by atoms with Crippen molar-refractivity contribution in [3.8, 4) is 0 Å². The molecule has 1 aliphatic heterocycles. The molecule has 1 aromatic heterocycles. The summed E-state index contributed by atoms with van der Waals surface area (Å²) in [5, 5.41) is 0. The lowest BCUT2D eigenvalue weighted by Gasteiger charge is -2.31. The van der Waals surface area contributed by atoms with Crippen LogP contribution in [0.3, 0.4) is 0 Å². The fourth-order valence-corrected chi connectivity index (χ4v) is 3.86. The van der Waals surface area contributed by atoms with Gasteiger partial charge in [-0.25, -0.2) is 13.4 Å². The van der Waals surface area contributed by atoms with Crippen molar-refractivity contribution in [2.24, 2.45) is 5.92 Å². The molecule has 108 valence electrons. The van der Waals surface area contributed by atoms with Crippen LogP contribution < -0.4 is 0 Å². The van der Waals surface area contributed by atoms with Crippen molar-refractivity contribution in [1.82, 2.24) is 9.88 Å². The zero-order valence-corrected chi connectivity index (χ0v) is 12.7. The lowest BCUT2D eigenvalue weighted by molar-refractivity contribution is 0.184. The third-order valence-electron chi connectivity index (χ3n) is 3.62. The molecular formula is C13H22N2O3S. The predicted molar refractivity (Wildman–Crippen MR) is 73.7 cm³/mol. The van der Waals surface area contributed by atoms with Gasteiger partial charge >= 0.3 is 0 Å². The molecule has 0 saturated carbocycles. The van der Waals surface area contributed by atoms with E-state index in [1.807, 2.05) is 13.8 Å². The summed E-state index contributed by atoms with van der Waals surface area (Å²) >= 11 is 0. The van der Waals surface area contributed by atoms with E-state index in [4.69, 9.17) is 4.42 Å². The van der Waals surface area contributed by atoms with Gasteiger partial charge in [-0.1, -0.05) is 0 Å². The van der Waals surface area contributed by atoms with Crippen LogP contribution in [-0.4, -0.2) is 43.4 Å². The number of nitrogens with zero attached hydrogens (tertiary/aromatic N) is 2. The third-order valence-corrected chi connectivity index (χ3v) is 4.70. The Morgan fingerprint density at radius 2 is 1.95 bits per heavy atom. The minimum absolute atomic E-state index is 0.311. The molecule has 0 N–H and O–H groups in total. The summed E-state index contributed by atoms with van der Waals surface area (Å²) in [6.07, 6.45) is 3.22. The quantitative estimate of drug-likeness (QED) is 0.840. The molecule has 1 saturated heterocycles. The van der Waals surface area contributed by atoms with E-state index in [1.165, 1.54) is 6.26 Å². The molecule has 1 aromatic rings. The van der Waals surface area contributed by atoms with Crippen LogP contribution in [0.2, 0.25) is 0 Å². The van der Waals surface area contributed by atoms with Gasteiger partial charge in [0.15, 0.2) is 5.89 Å². The van der Waals surface area contributed by atoms with Gasteiger partial charge in [0.25, 0.3) is 0 Å². The van der Waals surface area contributed by atoms with Crippen molar-refractivity contribution in [2.45, 2.75) is 33.2 Å². The lowest BCUT2D eigenvalue weighted by atomic mass is 9.99. The maximum Gasteiger partial charge on any atom is 0.191 e. The molecule has 6 heteroatoms. The van der Waals surface area contributed by atoms with Crippen molar-refractivity contribution in [3.05, 3.63) is 17.3 Å². The molecule has 0 aliphatic carbocycles. The smallest absolute Gasteiger partial charge is 0.191 e. The van der Waals surface area contributed by atoms with Gasteiger partial charge in [0.1, 0.15) is 15.6 Å². The van der Waals surface area contributed by atoms with Crippen LogP contribution in [0.5, 0.6) is 0 Å². The number of rotatable bonds is 4. The van der Waals surface area contributed by atoms with E-state index in [1.54, 1.807) is 0 Å². The Labute approximate surface area is 114 Å². The van der Waals surface area contributed by atoms with Gasteiger partial charge < -0.3 is 4.42 Å². The number of aryl methyl sites for hydroxylation is 2. The largest absolute Gasteiger partial charge is 0.446 e. The Morgan fingerprint density at radius 1 is 1.32 bits per heavy atom. The Hall–Kier alpha value is -0.880. The first-order chi connectivity index (χ1) is 8.83. The molecule has 0 spiro atoms. The molecule has 0 amide bonds. The molecule has 5 nitrogen and oxygen atoms in total. The summed E-state index contributed by atoms with van der Waals surface area (Å²) in [6, 6.07) is 0. The molecule has 0 atom stereocenters. The van der Waals surface area contributed by atoms with Crippen molar-refractivity contribution in [1.29, 1.82) is 0 Å². The maximum absolute atomic E-state index is 11.3. The summed E-state index contributed by atoms with van der Waals surface area (Å²) in [7, 11) is -2.85. The second kappa shape index (κ2) is 5.63. The number of hydrogen-bond donors (Lipinski definition) is 0. The van der Waals surface area contributed by atoms with E-state index in [2.05, 4.69) is 9.88 Å². The van der Waals surface area contributed by atoms with Crippen molar-refractivity contribution in [3.63, 3.8) is 0 Å². The number of aromatic nitrogens is 1. The van der Waals surface area contributed by atoms with Gasteiger partial charge in [-0.3, -0.25) is 4.90 Å². The Bertz CT molecular complexity index is 528. The zero-order chi connectivity index (χ0) is 14.0.